The van der Waals surface area contributed by atoms with Gasteiger partial charge in [-0.15, -0.1) is 15.3 Å². The lowest BCUT2D eigenvalue weighted by atomic mass is 10.2. The van der Waals surface area contributed by atoms with E-state index in [-0.39, 0.29) is 17.0 Å². The number of aromatic amines is 1. The average molecular weight is 306 g/mol. The zero-order chi connectivity index (χ0) is 14.8. The number of thioether (sulfide) groups is 1. The van der Waals surface area contributed by atoms with Crippen LogP contribution in [-0.4, -0.2) is 25.4 Å². The van der Waals surface area contributed by atoms with E-state index in [1.54, 1.807) is 12.1 Å². The summed E-state index contributed by atoms with van der Waals surface area (Å²) in [5, 5.41) is 14.8. The number of H-pyrrole nitrogens is 1. The first kappa shape index (κ1) is 13.6. The Labute approximate surface area is 123 Å². The molecular weight excluding hydrogens is 295 g/mol. The van der Waals surface area contributed by atoms with Gasteiger partial charge in [0.25, 0.3) is 0 Å². The van der Waals surface area contributed by atoms with E-state index in [1.807, 2.05) is 6.92 Å². The summed E-state index contributed by atoms with van der Waals surface area (Å²) in [7, 11) is 0. The molecule has 108 valence electrons. The standard InChI is InChI=1S/C12H11FN6OS/c1-6(21-12-15-11(14)18-19-12)9-16-17-10(20-9)7-2-4-8(13)5-3-7/h2-6H,1H3,(H3,14,15,18,19)/t6-/m1/s1. The Bertz CT molecular complexity index is 740. The molecule has 21 heavy (non-hydrogen) atoms. The van der Waals surface area contributed by atoms with Crippen LogP contribution < -0.4 is 5.73 Å². The molecule has 7 nitrogen and oxygen atoms in total. The fourth-order valence-electron chi connectivity index (χ4n) is 1.63. The van der Waals surface area contributed by atoms with Gasteiger partial charge in [0.1, 0.15) is 5.82 Å². The van der Waals surface area contributed by atoms with Gasteiger partial charge in [-0.3, -0.25) is 0 Å². The van der Waals surface area contributed by atoms with Gasteiger partial charge in [-0.2, -0.15) is 4.98 Å². The van der Waals surface area contributed by atoms with Crippen molar-refractivity contribution in [3.05, 3.63) is 36.0 Å². The van der Waals surface area contributed by atoms with Crippen molar-refractivity contribution in [3.63, 3.8) is 0 Å². The fraction of sp³-hybridized carbons (Fsp3) is 0.167. The molecular formula is C12H11FN6OS. The Morgan fingerprint density at radius 2 is 2.05 bits per heavy atom. The maximum atomic E-state index is 12.9. The minimum atomic E-state index is -0.315. The van der Waals surface area contributed by atoms with Crippen molar-refractivity contribution in [1.82, 2.24) is 25.4 Å². The predicted octanol–water partition coefficient (Wildman–Crippen LogP) is 2.43. The number of anilines is 1. The van der Waals surface area contributed by atoms with E-state index in [0.717, 1.165) is 0 Å². The SMILES string of the molecule is C[C@@H](Sc1n[nH]c(N)n1)c1nnc(-c2ccc(F)cc2)o1. The lowest BCUT2D eigenvalue weighted by Gasteiger charge is -2.01. The Morgan fingerprint density at radius 1 is 1.29 bits per heavy atom. The van der Waals surface area contributed by atoms with E-state index < -0.39 is 0 Å². The molecule has 2 aromatic heterocycles. The van der Waals surface area contributed by atoms with Gasteiger partial charge < -0.3 is 10.2 Å². The molecule has 0 saturated carbocycles. The molecule has 1 aromatic carbocycles. The second-order valence-corrected chi connectivity index (χ2v) is 5.52. The molecule has 3 aromatic rings. The van der Waals surface area contributed by atoms with Crippen LogP contribution in [-0.2, 0) is 0 Å². The number of nitrogens with one attached hydrogen (secondary N) is 1. The van der Waals surface area contributed by atoms with Crippen LogP contribution in [0.2, 0.25) is 0 Å². The first-order chi connectivity index (χ1) is 10.1. The van der Waals surface area contributed by atoms with Crippen molar-refractivity contribution in [2.45, 2.75) is 17.3 Å². The minimum Gasteiger partial charge on any atom is -0.419 e. The quantitative estimate of drug-likeness (QED) is 0.713. The van der Waals surface area contributed by atoms with E-state index in [2.05, 4.69) is 25.4 Å². The fourth-order valence-corrected chi connectivity index (χ4v) is 2.39. The van der Waals surface area contributed by atoms with Gasteiger partial charge in [0.15, 0.2) is 0 Å². The van der Waals surface area contributed by atoms with Gasteiger partial charge in [-0.25, -0.2) is 9.49 Å². The number of aromatic nitrogens is 5. The second kappa shape index (κ2) is 5.52. The molecule has 0 aliphatic heterocycles. The highest BCUT2D eigenvalue weighted by atomic mass is 32.2. The highest BCUT2D eigenvalue weighted by Crippen LogP contribution is 2.33. The molecule has 0 aliphatic carbocycles. The maximum Gasteiger partial charge on any atom is 0.247 e. The van der Waals surface area contributed by atoms with Crippen molar-refractivity contribution in [3.8, 4) is 11.5 Å². The van der Waals surface area contributed by atoms with Crippen molar-refractivity contribution in [1.29, 1.82) is 0 Å². The van der Waals surface area contributed by atoms with Gasteiger partial charge in [0.2, 0.25) is 22.9 Å². The second-order valence-electron chi connectivity index (χ2n) is 4.22. The highest BCUT2D eigenvalue weighted by Gasteiger charge is 2.18. The minimum absolute atomic E-state index is 0.137. The third-order valence-corrected chi connectivity index (χ3v) is 3.59. The van der Waals surface area contributed by atoms with Crippen molar-refractivity contribution >= 4 is 17.7 Å². The van der Waals surface area contributed by atoms with Gasteiger partial charge in [0.05, 0.1) is 5.25 Å². The summed E-state index contributed by atoms with van der Waals surface area (Å²) in [5.74, 6) is 0.710. The third kappa shape index (κ3) is 3.02. The van der Waals surface area contributed by atoms with E-state index >= 15 is 0 Å². The third-order valence-electron chi connectivity index (χ3n) is 2.64. The summed E-state index contributed by atoms with van der Waals surface area (Å²) in [6.45, 7) is 1.89. The zero-order valence-electron chi connectivity index (χ0n) is 10.9. The van der Waals surface area contributed by atoms with Crippen LogP contribution in [0.1, 0.15) is 18.1 Å². The van der Waals surface area contributed by atoms with E-state index in [9.17, 15) is 4.39 Å². The molecule has 0 unspecified atom stereocenters. The first-order valence-corrected chi connectivity index (χ1v) is 6.93. The van der Waals surface area contributed by atoms with Gasteiger partial charge in [0, 0.05) is 5.56 Å². The molecule has 0 amide bonds. The van der Waals surface area contributed by atoms with Gasteiger partial charge in [-0.1, -0.05) is 11.8 Å². The number of nitrogens with zero attached hydrogens (tertiary/aromatic N) is 4. The number of hydrogen-bond acceptors (Lipinski definition) is 7. The summed E-state index contributed by atoms with van der Waals surface area (Å²) in [6.07, 6.45) is 0. The molecule has 0 saturated heterocycles. The van der Waals surface area contributed by atoms with Gasteiger partial charge >= 0.3 is 0 Å². The molecule has 3 N–H and O–H groups in total. The Morgan fingerprint density at radius 3 is 2.71 bits per heavy atom. The summed E-state index contributed by atoms with van der Waals surface area (Å²) in [6, 6.07) is 5.85. The van der Waals surface area contributed by atoms with Crippen LogP contribution in [0.4, 0.5) is 10.3 Å². The monoisotopic (exact) mass is 306 g/mol. The number of benzene rings is 1. The smallest absolute Gasteiger partial charge is 0.247 e. The largest absolute Gasteiger partial charge is 0.419 e. The molecule has 2 heterocycles. The molecule has 0 bridgehead atoms. The van der Waals surface area contributed by atoms with Crippen molar-refractivity contribution in [2.24, 2.45) is 0 Å². The molecule has 3 rings (SSSR count). The first-order valence-electron chi connectivity index (χ1n) is 6.05. The van der Waals surface area contributed by atoms with Crippen LogP contribution >= 0.6 is 11.8 Å². The lowest BCUT2D eigenvalue weighted by Crippen LogP contribution is -1.90. The summed E-state index contributed by atoms with van der Waals surface area (Å²) in [4.78, 5) is 3.99. The van der Waals surface area contributed by atoms with Crippen molar-refractivity contribution < 1.29 is 8.81 Å². The molecule has 0 fully saturated rings. The van der Waals surface area contributed by atoms with Crippen LogP contribution in [0.25, 0.3) is 11.5 Å². The topological polar surface area (TPSA) is 107 Å². The van der Waals surface area contributed by atoms with Crippen molar-refractivity contribution in [2.75, 3.05) is 5.73 Å². The maximum absolute atomic E-state index is 12.9. The Kier molecular flexibility index (Phi) is 3.57. The molecule has 9 heteroatoms. The number of halogens is 1. The zero-order valence-corrected chi connectivity index (χ0v) is 11.8. The predicted molar refractivity (Wildman–Crippen MR) is 74.8 cm³/mol. The normalized spacial score (nSPS) is 12.5. The lowest BCUT2D eigenvalue weighted by molar-refractivity contribution is 0.509. The van der Waals surface area contributed by atoms with E-state index in [1.165, 1.54) is 23.9 Å². The number of rotatable bonds is 4. The Balaban J connectivity index is 1.76. The average Bonchev–Trinajstić information content (AvgIpc) is 3.09. The van der Waals surface area contributed by atoms with Gasteiger partial charge in [-0.05, 0) is 31.2 Å². The van der Waals surface area contributed by atoms with E-state index in [0.29, 0.717) is 22.5 Å². The summed E-state index contributed by atoms with van der Waals surface area (Å²) < 4.78 is 18.5. The summed E-state index contributed by atoms with van der Waals surface area (Å²) >= 11 is 1.34. The summed E-state index contributed by atoms with van der Waals surface area (Å²) in [5.41, 5.74) is 6.12. The molecule has 0 spiro atoms. The number of nitrogens with two attached hydrogens (primary N) is 1. The Hall–Kier alpha value is -2.42. The van der Waals surface area contributed by atoms with E-state index in [4.69, 9.17) is 10.2 Å². The number of hydrogen-bond donors (Lipinski definition) is 2. The van der Waals surface area contributed by atoms with Crippen LogP contribution in [0.3, 0.4) is 0 Å². The molecule has 0 aliphatic rings. The van der Waals surface area contributed by atoms with Crippen LogP contribution in [0.5, 0.6) is 0 Å². The highest BCUT2D eigenvalue weighted by molar-refractivity contribution is 7.99. The van der Waals surface area contributed by atoms with Crippen LogP contribution in [0, 0.1) is 5.82 Å². The van der Waals surface area contributed by atoms with Crippen LogP contribution in [0.15, 0.2) is 33.8 Å². The molecule has 0 radical (unpaired) electrons. The molecule has 1 atom stereocenters. The number of nitrogen functional groups attached to an aromatic ring is 1.